The van der Waals surface area contributed by atoms with Crippen LogP contribution in [0.5, 0.6) is 0 Å². The Kier molecular flexibility index (Phi) is 12.1. The maximum Gasteiger partial charge on any atom is 0.219 e. The lowest BCUT2D eigenvalue weighted by atomic mass is 9.93. The van der Waals surface area contributed by atoms with E-state index in [0.717, 1.165) is 45.2 Å². The SMILES string of the molecule is CNC(=O)CCCCCN(CCO)CCCC[C@@H]1O[C@@H](C)[C@@H](O)[C@@H](O)[C@@H]1O. The van der Waals surface area contributed by atoms with Gasteiger partial charge in [-0.2, -0.15) is 0 Å². The molecule has 1 amide bonds. The molecule has 0 radical (unpaired) electrons. The molecule has 0 aromatic heterocycles. The van der Waals surface area contributed by atoms with Crippen molar-refractivity contribution in [2.75, 3.05) is 33.3 Å². The molecule has 0 aliphatic carbocycles. The van der Waals surface area contributed by atoms with Gasteiger partial charge >= 0.3 is 0 Å². The van der Waals surface area contributed by atoms with Crippen LogP contribution in [0.4, 0.5) is 0 Å². The van der Waals surface area contributed by atoms with E-state index in [2.05, 4.69) is 10.2 Å². The van der Waals surface area contributed by atoms with Crippen LogP contribution in [0.25, 0.3) is 0 Å². The summed E-state index contributed by atoms with van der Waals surface area (Å²) in [7, 11) is 1.65. The molecule has 0 saturated carbocycles. The number of amides is 1. The summed E-state index contributed by atoms with van der Waals surface area (Å²) in [5, 5.41) is 41.4. The van der Waals surface area contributed by atoms with Crippen molar-refractivity contribution in [1.29, 1.82) is 0 Å². The standard InChI is InChI=1S/C19H38N2O6/c1-14-17(24)19(26)18(25)15(27-14)8-5-7-11-21(12-13-22)10-6-3-4-9-16(23)20-2/h14-15,17-19,22,24-26H,3-13H2,1-2H3,(H,20,23)/t14-,15-,17+,18+,19+/m0/s1. The number of hydrogen-bond donors (Lipinski definition) is 5. The molecule has 5 N–H and O–H groups in total. The maximum absolute atomic E-state index is 11.2. The number of unbranched alkanes of at least 4 members (excludes halogenated alkanes) is 3. The second kappa shape index (κ2) is 13.4. The molecule has 1 saturated heterocycles. The highest BCUT2D eigenvalue weighted by atomic mass is 16.5. The number of nitrogens with one attached hydrogen (secondary N) is 1. The lowest BCUT2D eigenvalue weighted by Gasteiger charge is -2.39. The molecule has 0 aromatic carbocycles. The predicted molar refractivity (Wildman–Crippen MR) is 102 cm³/mol. The second-order valence-electron chi connectivity index (χ2n) is 7.40. The van der Waals surface area contributed by atoms with Gasteiger partial charge in [-0.1, -0.05) is 6.42 Å². The third-order valence-corrected chi connectivity index (χ3v) is 5.24. The van der Waals surface area contributed by atoms with Gasteiger partial charge in [0.25, 0.3) is 0 Å². The third-order valence-electron chi connectivity index (χ3n) is 5.24. The fraction of sp³-hybridized carbons (Fsp3) is 0.947. The van der Waals surface area contributed by atoms with Gasteiger partial charge in [-0.05, 0) is 52.1 Å². The molecule has 8 nitrogen and oxygen atoms in total. The molecule has 1 aliphatic rings. The number of nitrogens with zero attached hydrogens (tertiary/aromatic N) is 1. The van der Waals surface area contributed by atoms with Gasteiger partial charge in [0, 0.05) is 20.0 Å². The van der Waals surface area contributed by atoms with Gasteiger partial charge in [0.2, 0.25) is 5.91 Å². The highest BCUT2D eigenvalue weighted by Crippen LogP contribution is 2.24. The van der Waals surface area contributed by atoms with E-state index < -0.39 is 30.5 Å². The number of aliphatic hydroxyl groups is 4. The van der Waals surface area contributed by atoms with Crippen molar-refractivity contribution in [3.63, 3.8) is 0 Å². The van der Waals surface area contributed by atoms with Crippen LogP contribution >= 0.6 is 0 Å². The third kappa shape index (κ3) is 8.85. The Morgan fingerprint density at radius 3 is 2.26 bits per heavy atom. The highest BCUT2D eigenvalue weighted by molar-refractivity contribution is 5.75. The Morgan fingerprint density at radius 1 is 0.963 bits per heavy atom. The maximum atomic E-state index is 11.2. The Hall–Kier alpha value is -0.770. The summed E-state index contributed by atoms with van der Waals surface area (Å²) in [4.78, 5) is 13.4. The zero-order valence-corrected chi connectivity index (χ0v) is 16.7. The molecule has 0 aromatic rings. The highest BCUT2D eigenvalue weighted by Gasteiger charge is 2.41. The van der Waals surface area contributed by atoms with Gasteiger partial charge in [0.15, 0.2) is 0 Å². The van der Waals surface area contributed by atoms with E-state index in [9.17, 15) is 25.2 Å². The number of aliphatic hydroxyl groups excluding tert-OH is 4. The van der Waals surface area contributed by atoms with Crippen molar-refractivity contribution in [2.24, 2.45) is 0 Å². The Labute approximate surface area is 162 Å². The minimum absolute atomic E-state index is 0.0706. The molecule has 0 spiro atoms. The normalized spacial score (nSPS) is 28.5. The van der Waals surface area contributed by atoms with E-state index in [0.29, 0.717) is 19.4 Å². The number of hydrogen-bond acceptors (Lipinski definition) is 7. The van der Waals surface area contributed by atoms with E-state index in [1.165, 1.54) is 0 Å². The number of rotatable bonds is 13. The summed E-state index contributed by atoms with van der Waals surface area (Å²) in [5.74, 6) is 0.0706. The number of carbonyl (C=O) groups is 1. The van der Waals surface area contributed by atoms with Crippen LogP contribution < -0.4 is 5.32 Å². The van der Waals surface area contributed by atoms with E-state index >= 15 is 0 Å². The van der Waals surface area contributed by atoms with Crippen LogP contribution in [0.2, 0.25) is 0 Å². The first-order valence-corrected chi connectivity index (χ1v) is 10.1. The van der Waals surface area contributed by atoms with Crippen LogP contribution in [0.15, 0.2) is 0 Å². The summed E-state index contributed by atoms with van der Waals surface area (Å²) in [5.41, 5.74) is 0. The molecule has 1 aliphatic heterocycles. The lowest BCUT2D eigenvalue weighted by molar-refractivity contribution is -0.218. The molecule has 160 valence electrons. The van der Waals surface area contributed by atoms with Gasteiger partial charge in [0.05, 0.1) is 18.8 Å². The van der Waals surface area contributed by atoms with Crippen molar-refractivity contribution in [3.8, 4) is 0 Å². The summed E-state index contributed by atoms with van der Waals surface area (Å²) >= 11 is 0. The Morgan fingerprint density at radius 2 is 1.63 bits per heavy atom. The van der Waals surface area contributed by atoms with Gasteiger partial charge in [-0.25, -0.2) is 0 Å². The smallest absolute Gasteiger partial charge is 0.219 e. The topological polar surface area (TPSA) is 122 Å². The Balaban J connectivity index is 2.21. The largest absolute Gasteiger partial charge is 0.395 e. The van der Waals surface area contributed by atoms with Crippen molar-refractivity contribution >= 4 is 5.91 Å². The second-order valence-corrected chi connectivity index (χ2v) is 7.40. The fourth-order valence-electron chi connectivity index (χ4n) is 3.46. The number of carbonyl (C=O) groups excluding carboxylic acids is 1. The van der Waals surface area contributed by atoms with Gasteiger partial charge in [-0.3, -0.25) is 4.79 Å². The van der Waals surface area contributed by atoms with Crippen molar-refractivity contribution < 1.29 is 30.0 Å². The van der Waals surface area contributed by atoms with E-state index in [1.807, 2.05) is 0 Å². The van der Waals surface area contributed by atoms with Crippen molar-refractivity contribution in [3.05, 3.63) is 0 Å². The molecule has 1 heterocycles. The molecule has 27 heavy (non-hydrogen) atoms. The summed E-state index contributed by atoms with van der Waals surface area (Å²) in [6.07, 6.45) is 1.50. The molecule has 1 rings (SSSR count). The van der Waals surface area contributed by atoms with Crippen LogP contribution in [-0.4, -0.2) is 95.0 Å². The molecule has 0 bridgehead atoms. The van der Waals surface area contributed by atoms with Gasteiger partial charge in [-0.15, -0.1) is 0 Å². The average molecular weight is 391 g/mol. The zero-order valence-electron chi connectivity index (χ0n) is 16.7. The molecule has 1 fully saturated rings. The first-order chi connectivity index (χ1) is 12.9. The van der Waals surface area contributed by atoms with E-state index in [1.54, 1.807) is 14.0 Å². The molecule has 5 atom stereocenters. The first kappa shape index (κ1) is 24.3. The molecule has 8 heteroatoms. The summed E-state index contributed by atoms with van der Waals surface area (Å²) < 4.78 is 5.61. The van der Waals surface area contributed by atoms with Crippen LogP contribution in [0, 0.1) is 0 Å². The Bertz CT molecular complexity index is 412. The summed E-state index contributed by atoms with van der Waals surface area (Å²) in [6.45, 7) is 4.17. The molecular weight excluding hydrogens is 352 g/mol. The monoisotopic (exact) mass is 390 g/mol. The van der Waals surface area contributed by atoms with E-state index in [4.69, 9.17) is 4.74 Å². The minimum atomic E-state index is -1.17. The van der Waals surface area contributed by atoms with Gasteiger partial charge in [0.1, 0.15) is 18.3 Å². The number of ether oxygens (including phenoxy) is 1. The zero-order chi connectivity index (χ0) is 20.2. The van der Waals surface area contributed by atoms with Crippen molar-refractivity contribution in [1.82, 2.24) is 10.2 Å². The van der Waals surface area contributed by atoms with E-state index in [-0.39, 0.29) is 12.5 Å². The average Bonchev–Trinajstić information content (AvgIpc) is 2.66. The van der Waals surface area contributed by atoms with Crippen molar-refractivity contribution in [2.45, 2.75) is 82.4 Å². The lowest BCUT2D eigenvalue weighted by Crippen LogP contribution is -2.56. The van der Waals surface area contributed by atoms with Crippen LogP contribution in [0.1, 0.15) is 51.9 Å². The summed E-state index contributed by atoms with van der Waals surface area (Å²) in [6, 6.07) is 0. The van der Waals surface area contributed by atoms with Crippen LogP contribution in [-0.2, 0) is 9.53 Å². The van der Waals surface area contributed by atoms with Gasteiger partial charge < -0.3 is 35.4 Å². The minimum Gasteiger partial charge on any atom is -0.395 e. The first-order valence-electron chi connectivity index (χ1n) is 10.1. The predicted octanol–water partition coefficient (Wildman–Crippen LogP) is -0.373. The molecular formula is C19H38N2O6. The fourth-order valence-corrected chi connectivity index (χ4v) is 3.46. The van der Waals surface area contributed by atoms with Crippen LogP contribution in [0.3, 0.4) is 0 Å². The quantitative estimate of drug-likeness (QED) is 0.272. The molecule has 0 unspecified atom stereocenters.